The van der Waals surface area contributed by atoms with Crippen LogP contribution in [0.1, 0.15) is 12.8 Å². The van der Waals surface area contributed by atoms with E-state index in [1.165, 1.54) is 4.68 Å². The van der Waals surface area contributed by atoms with Gasteiger partial charge in [0, 0.05) is 18.7 Å². The second kappa shape index (κ2) is 4.82. The first-order valence-electron chi connectivity index (χ1n) is 6.18. The van der Waals surface area contributed by atoms with E-state index in [2.05, 4.69) is 0 Å². The lowest BCUT2D eigenvalue weighted by Crippen LogP contribution is -2.27. The van der Waals surface area contributed by atoms with Crippen LogP contribution in [0.5, 0.6) is 5.75 Å². The minimum Gasteiger partial charge on any atom is -0.506 e. The smallest absolute Gasteiger partial charge is 0.276 e. The second-order valence-electron chi connectivity index (χ2n) is 4.71. The SMILES string of the molecule is O=c1c(-c2cc(O)c(Cl)cc2F)c(Cl)n2n1CCCC2. The number of nitrogens with zero attached hydrogens (tertiary/aromatic N) is 2. The van der Waals surface area contributed by atoms with E-state index < -0.39 is 5.82 Å². The maximum atomic E-state index is 14.0. The van der Waals surface area contributed by atoms with E-state index in [1.807, 2.05) is 0 Å². The number of halogens is 3. The Kier molecular flexibility index (Phi) is 3.26. The van der Waals surface area contributed by atoms with Crippen LogP contribution in [0.15, 0.2) is 16.9 Å². The topological polar surface area (TPSA) is 47.2 Å². The van der Waals surface area contributed by atoms with E-state index >= 15 is 0 Å². The Labute approximate surface area is 123 Å². The van der Waals surface area contributed by atoms with E-state index in [0.29, 0.717) is 13.1 Å². The highest BCUT2D eigenvalue weighted by Gasteiger charge is 2.24. The van der Waals surface area contributed by atoms with Crippen molar-refractivity contribution in [2.24, 2.45) is 0 Å². The van der Waals surface area contributed by atoms with Gasteiger partial charge in [0.25, 0.3) is 5.56 Å². The highest BCUT2D eigenvalue weighted by atomic mass is 35.5. The molecule has 7 heteroatoms. The Bertz CT molecular complexity index is 752. The number of aromatic hydroxyl groups is 1. The van der Waals surface area contributed by atoms with Crippen molar-refractivity contribution in [3.63, 3.8) is 0 Å². The first-order valence-corrected chi connectivity index (χ1v) is 6.93. The lowest BCUT2D eigenvalue weighted by molar-refractivity contribution is 0.356. The van der Waals surface area contributed by atoms with Crippen LogP contribution in [-0.2, 0) is 13.1 Å². The van der Waals surface area contributed by atoms with E-state index in [4.69, 9.17) is 23.2 Å². The Balaban J connectivity index is 2.28. The average Bonchev–Trinajstić information content (AvgIpc) is 2.68. The number of hydrogen-bond donors (Lipinski definition) is 1. The van der Waals surface area contributed by atoms with E-state index in [9.17, 15) is 14.3 Å². The molecule has 0 saturated heterocycles. The van der Waals surface area contributed by atoms with Gasteiger partial charge in [-0.05, 0) is 25.0 Å². The first-order chi connectivity index (χ1) is 9.50. The van der Waals surface area contributed by atoms with Crippen LogP contribution in [-0.4, -0.2) is 14.5 Å². The van der Waals surface area contributed by atoms with Crippen molar-refractivity contribution in [3.8, 4) is 16.9 Å². The van der Waals surface area contributed by atoms with Crippen molar-refractivity contribution in [2.45, 2.75) is 25.9 Å². The average molecular weight is 317 g/mol. The van der Waals surface area contributed by atoms with Gasteiger partial charge in [-0.1, -0.05) is 23.2 Å². The number of fused-ring (bicyclic) bond motifs is 1. The van der Waals surface area contributed by atoms with Crippen LogP contribution in [0.25, 0.3) is 11.1 Å². The van der Waals surface area contributed by atoms with E-state index in [0.717, 1.165) is 25.0 Å². The summed E-state index contributed by atoms with van der Waals surface area (Å²) in [6.45, 7) is 1.18. The van der Waals surface area contributed by atoms with Gasteiger partial charge >= 0.3 is 0 Å². The molecular weight excluding hydrogens is 306 g/mol. The summed E-state index contributed by atoms with van der Waals surface area (Å²) in [6.07, 6.45) is 1.80. The van der Waals surface area contributed by atoms with Crippen LogP contribution in [0.2, 0.25) is 10.2 Å². The molecule has 0 atom stereocenters. The molecule has 0 spiro atoms. The van der Waals surface area contributed by atoms with Crippen LogP contribution in [0, 0.1) is 5.82 Å². The zero-order valence-corrected chi connectivity index (χ0v) is 11.9. The second-order valence-corrected chi connectivity index (χ2v) is 5.47. The van der Waals surface area contributed by atoms with Gasteiger partial charge in [-0.25, -0.2) is 9.07 Å². The van der Waals surface area contributed by atoms with Gasteiger partial charge < -0.3 is 5.11 Å². The van der Waals surface area contributed by atoms with Crippen molar-refractivity contribution in [1.82, 2.24) is 9.36 Å². The number of phenols is 1. The van der Waals surface area contributed by atoms with Gasteiger partial charge in [0.05, 0.1) is 10.6 Å². The van der Waals surface area contributed by atoms with Gasteiger partial charge in [0.1, 0.15) is 16.7 Å². The van der Waals surface area contributed by atoms with Crippen molar-refractivity contribution in [1.29, 1.82) is 0 Å². The summed E-state index contributed by atoms with van der Waals surface area (Å²) in [7, 11) is 0. The molecule has 0 fully saturated rings. The fourth-order valence-electron chi connectivity index (χ4n) is 2.48. The van der Waals surface area contributed by atoms with Gasteiger partial charge in [0.2, 0.25) is 0 Å². The maximum absolute atomic E-state index is 14.0. The number of hydrogen-bond acceptors (Lipinski definition) is 2. The molecule has 1 N–H and O–H groups in total. The third-order valence-electron chi connectivity index (χ3n) is 3.47. The lowest BCUT2D eigenvalue weighted by Gasteiger charge is -2.17. The Morgan fingerprint density at radius 1 is 1.15 bits per heavy atom. The van der Waals surface area contributed by atoms with Gasteiger partial charge in [0.15, 0.2) is 0 Å². The molecule has 3 rings (SSSR count). The van der Waals surface area contributed by atoms with Crippen molar-refractivity contribution >= 4 is 23.2 Å². The summed E-state index contributed by atoms with van der Waals surface area (Å²) in [6, 6.07) is 2.11. The molecule has 0 saturated carbocycles. The van der Waals surface area contributed by atoms with Gasteiger partial charge in [-0.3, -0.25) is 9.48 Å². The largest absolute Gasteiger partial charge is 0.506 e. The number of aromatic nitrogens is 2. The fraction of sp³-hybridized carbons (Fsp3) is 0.308. The molecule has 0 bridgehead atoms. The van der Waals surface area contributed by atoms with E-state index in [-0.39, 0.29) is 32.6 Å². The zero-order chi connectivity index (χ0) is 14.4. The van der Waals surface area contributed by atoms with E-state index in [1.54, 1.807) is 4.68 Å². The van der Waals surface area contributed by atoms with Gasteiger partial charge in [-0.15, -0.1) is 0 Å². The summed E-state index contributed by atoms with van der Waals surface area (Å²) in [5.41, 5.74) is -0.315. The van der Waals surface area contributed by atoms with Crippen LogP contribution in [0.4, 0.5) is 4.39 Å². The predicted molar refractivity (Wildman–Crippen MR) is 75.0 cm³/mol. The van der Waals surface area contributed by atoms with Crippen molar-refractivity contribution in [2.75, 3.05) is 0 Å². The molecule has 0 unspecified atom stereocenters. The standard InChI is InChI=1S/C13H11Cl2FN2O2/c14-8-6-9(16)7(5-10(8)19)11-12(15)17-3-1-2-4-18(17)13(11)20/h5-6,19H,1-4H2. The summed E-state index contributed by atoms with van der Waals surface area (Å²) in [5.74, 6) is -0.969. The van der Waals surface area contributed by atoms with Crippen LogP contribution >= 0.6 is 23.2 Å². The monoisotopic (exact) mass is 316 g/mol. The molecule has 0 amide bonds. The Hall–Kier alpha value is -1.46. The molecule has 0 aliphatic carbocycles. The van der Waals surface area contributed by atoms with Crippen molar-refractivity contribution in [3.05, 3.63) is 38.5 Å². The number of benzene rings is 1. The minimum absolute atomic E-state index is 0.0312. The highest BCUT2D eigenvalue weighted by Crippen LogP contribution is 2.34. The van der Waals surface area contributed by atoms with Crippen LogP contribution < -0.4 is 5.56 Å². The quantitative estimate of drug-likeness (QED) is 0.877. The summed E-state index contributed by atoms with van der Waals surface area (Å²) < 4.78 is 17.2. The molecule has 1 aliphatic rings. The molecule has 1 aliphatic heterocycles. The number of phenolic OH excluding ortho intramolecular Hbond substituents is 1. The summed E-state index contributed by atoms with van der Waals surface area (Å²) in [4.78, 5) is 12.4. The molecule has 2 aromatic rings. The third-order valence-corrected chi connectivity index (χ3v) is 4.16. The molecule has 2 heterocycles. The molecule has 4 nitrogen and oxygen atoms in total. The minimum atomic E-state index is -0.685. The Morgan fingerprint density at radius 3 is 2.45 bits per heavy atom. The molecule has 1 aromatic heterocycles. The third kappa shape index (κ3) is 1.93. The predicted octanol–water partition coefficient (Wildman–Crippen LogP) is 3.26. The summed E-state index contributed by atoms with van der Waals surface area (Å²) in [5, 5.41) is 9.70. The first kappa shape index (κ1) is 13.5. The number of rotatable bonds is 1. The normalized spacial score (nSPS) is 14.3. The van der Waals surface area contributed by atoms with Crippen LogP contribution in [0.3, 0.4) is 0 Å². The fourth-order valence-corrected chi connectivity index (χ4v) is 2.99. The lowest BCUT2D eigenvalue weighted by atomic mass is 10.1. The molecule has 0 radical (unpaired) electrons. The van der Waals surface area contributed by atoms with Gasteiger partial charge in [-0.2, -0.15) is 0 Å². The summed E-state index contributed by atoms with van der Waals surface area (Å²) >= 11 is 11.8. The zero-order valence-electron chi connectivity index (χ0n) is 10.4. The molecule has 20 heavy (non-hydrogen) atoms. The van der Waals surface area contributed by atoms with Crippen molar-refractivity contribution < 1.29 is 9.50 Å². The molecular formula is C13H11Cl2FN2O2. The maximum Gasteiger partial charge on any atom is 0.276 e. The molecule has 1 aromatic carbocycles. The highest BCUT2D eigenvalue weighted by molar-refractivity contribution is 6.33. The molecule has 106 valence electrons. The Morgan fingerprint density at radius 2 is 1.80 bits per heavy atom.